The van der Waals surface area contributed by atoms with E-state index < -0.39 is 0 Å². The molecular formula is C15H22ClNO2. The third kappa shape index (κ3) is 5.97. The summed E-state index contributed by atoms with van der Waals surface area (Å²) in [6, 6.07) is 7.33. The molecule has 4 heteroatoms. The van der Waals surface area contributed by atoms with Crippen LogP contribution in [0.5, 0.6) is 5.75 Å². The van der Waals surface area contributed by atoms with Crippen molar-refractivity contribution in [3.05, 3.63) is 29.8 Å². The zero-order valence-electron chi connectivity index (χ0n) is 11.8. The second-order valence-electron chi connectivity index (χ2n) is 4.90. The lowest BCUT2D eigenvalue weighted by Gasteiger charge is -2.14. The Morgan fingerprint density at radius 2 is 1.89 bits per heavy atom. The number of rotatable bonds is 7. The van der Waals surface area contributed by atoms with Crippen LogP contribution in [0.25, 0.3) is 0 Å². The summed E-state index contributed by atoms with van der Waals surface area (Å²) < 4.78 is 5.54. The van der Waals surface area contributed by atoms with E-state index in [4.69, 9.17) is 16.3 Å². The molecule has 0 aliphatic rings. The molecule has 0 aliphatic carbocycles. The molecule has 0 fully saturated rings. The molecule has 106 valence electrons. The van der Waals surface area contributed by atoms with Gasteiger partial charge in [-0.15, -0.1) is 11.6 Å². The smallest absolute Gasteiger partial charge is 0.251 e. The van der Waals surface area contributed by atoms with Gasteiger partial charge in [-0.25, -0.2) is 0 Å². The molecule has 0 radical (unpaired) electrons. The van der Waals surface area contributed by atoms with E-state index in [0.717, 1.165) is 18.6 Å². The summed E-state index contributed by atoms with van der Waals surface area (Å²) >= 11 is 5.63. The molecule has 1 unspecified atom stereocenters. The Morgan fingerprint density at radius 1 is 1.26 bits per heavy atom. The van der Waals surface area contributed by atoms with Crippen molar-refractivity contribution >= 4 is 17.5 Å². The Kier molecular flexibility index (Phi) is 6.71. The number of ether oxygens (including phenoxy) is 1. The highest BCUT2D eigenvalue weighted by Crippen LogP contribution is 2.14. The molecule has 1 amide bonds. The first-order valence-electron chi connectivity index (χ1n) is 6.66. The van der Waals surface area contributed by atoms with Crippen molar-refractivity contribution < 1.29 is 9.53 Å². The number of halogens is 1. The molecule has 0 saturated carbocycles. The van der Waals surface area contributed by atoms with Gasteiger partial charge in [0.1, 0.15) is 5.75 Å². The Bertz CT molecular complexity index is 390. The molecule has 0 saturated heterocycles. The van der Waals surface area contributed by atoms with Gasteiger partial charge in [0.25, 0.3) is 5.91 Å². The fourth-order valence-electron chi connectivity index (χ4n) is 1.72. The summed E-state index contributed by atoms with van der Waals surface area (Å²) in [6.07, 6.45) is 1.93. The number of amides is 1. The monoisotopic (exact) mass is 283 g/mol. The maximum absolute atomic E-state index is 12.0. The van der Waals surface area contributed by atoms with Gasteiger partial charge in [-0.1, -0.05) is 0 Å². The van der Waals surface area contributed by atoms with E-state index in [1.165, 1.54) is 0 Å². The summed E-state index contributed by atoms with van der Waals surface area (Å²) in [5.41, 5.74) is 0.647. The zero-order chi connectivity index (χ0) is 14.3. The van der Waals surface area contributed by atoms with Gasteiger partial charge in [0.15, 0.2) is 0 Å². The number of carbonyl (C=O) groups excluding carboxylic acids is 1. The molecule has 0 heterocycles. The van der Waals surface area contributed by atoms with E-state index in [9.17, 15) is 4.79 Å². The lowest BCUT2D eigenvalue weighted by atomic mass is 10.1. The van der Waals surface area contributed by atoms with Crippen molar-refractivity contribution in [1.82, 2.24) is 5.32 Å². The van der Waals surface area contributed by atoms with Gasteiger partial charge in [-0.05, 0) is 57.9 Å². The molecule has 0 aromatic heterocycles. The first-order valence-corrected chi connectivity index (χ1v) is 7.20. The van der Waals surface area contributed by atoms with E-state index in [0.29, 0.717) is 11.4 Å². The molecule has 0 aliphatic heterocycles. The van der Waals surface area contributed by atoms with Gasteiger partial charge in [0.05, 0.1) is 6.10 Å². The van der Waals surface area contributed by atoms with Crippen LogP contribution in [0, 0.1) is 0 Å². The van der Waals surface area contributed by atoms with Gasteiger partial charge in [-0.3, -0.25) is 4.79 Å². The van der Waals surface area contributed by atoms with Crippen LogP contribution in [0.3, 0.4) is 0 Å². The average molecular weight is 284 g/mol. The van der Waals surface area contributed by atoms with Crippen LogP contribution >= 0.6 is 11.6 Å². The Morgan fingerprint density at radius 3 is 2.42 bits per heavy atom. The predicted molar refractivity (Wildman–Crippen MR) is 79.1 cm³/mol. The summed E-state index contributed by atoms with van der Waals surface area (Å²) in [4.78, 5) is 12.0. The molecular weight excluding hydrogens is 262 g/mol. The van der Waals surface area contributed by atoms with Crippen LogP contribution < -0.4 is 10.1 Å². The molecule has 1 atom stereocenters. The molecule has 3 nitrogen and oxygen atoms in total. The minimum atomic E-state index is -0.0573. The molecule has 1 aromatic rings. The topological polar surface area (TPSA) is 38.3 Å². The van der Waals surface area contributed by atoms with Crippen molar-refractivity contribution in [2.45, 2.75) is 45.8 Å². The number of hydrogen-bond donors (Lipinski definition) is 1. The van der Waals surface area contributed by atoms with Crippen LogP contribution in [-0.2, 0) is 0 Å². The lowest BCUT2D eigenvalue weighted by Crippen LogP contribution is -2.32. The third-order valence-corrected chi connectivity index (χ3v) is 2.90. The second kappa shape index (κ2) is 8.05. The minimum absolute atomic E-state index is 0.0573. The number of carbonyl (C=O) groups is 1. The standard InChI is InChI=1S/C15H22ClNO2/c1-11(2)19-14-8-6-13(7-9-14)15(18)17-12(3)5-4-10-16/h6-9,11-12H,4-5,10H2,1-3H3,(H,17,18). The van der Waals surface area contributed by atoms with E-state index in [1.807, 2.05) is 32.9 Å². The summed E-state index contributed by atoms with van der Waals surface area (Å²) in [5, 5.41) is 2.95. The highest BCUT2D eigenvalue weighted by molar-refractivity contribution is 6.17. The minimum Gasteiger partial charge on any atom is -0.491 e. The molecule has 1 rings (SSSR count). The van der Waals surface area contributed by atoms with E-state index >= 15 is 0 Å². The number of alkyl halides is 1. The van der Waals surface area contributed by atoms with Crippen molar-refractivity contribution in [3.8, 4) is 5.75 Å². The zero-order valence-corrected chi connectivity index (χ0v) is 12.5. The van der Waals surface area contributed by atoms with Crippen LogP contribution in [0.4, 0.5) is 0 Å². The largest absolute Gasteiger partial charge is 0.491 e. The van der Waals surface area contributed by atoms with Gasteiger partial charge >= 0.3 is 0 Å². The number of hydrogen-bond acceptors (Lipinski definition) is 2. The quantitative estimate of drug-likeness (QED) is 0.776. The summed E-state index contributed by atoms with van der Waals surface area (Å²) in [5.74, 6) is 1.35. The molecule has 1 aromatic carbocycles. The third-order valence-electron chi connectivity index (χ3n) is 2.64. The van der Waals surface area contributed by atoms with Crippen molar-refractivity contribution in [3.63, 3.8) is 0 Å². The first-order chi connectivity index (χ1) is 9.02. The lowest BCUT2D eigenvalue weighted by molar-refractivity contribution is 0.0938. The summed E-state index contributed by atoms with van der Waals surface area (Å²) in [7, 11) is 0. The van der Waals surface area contributed by atoms with Gasteiger partial charge < -0.3 is 10.1 Å². The highest BCUT2D eigenvalue weighted by atomic mass is 35.5. The van der Waals surface area contributed by atoms with E-state index in [2.05, 4.69) is 5.32 Å². The SMILES string of the molecule is CC(CCCCl)NC(=O)c1ccc(OC(C)C)cc1. The van der Waals surface area contributed by atoms with Crippen molar-refractivity contribution in [2.24, 2.45) is 0 Å². The van der Waals surface area contributed by atoms with Crippen molar-refractivity contribution in [2.75, 3.05) is 5.88 Å². The summed E-state index contributed by atoms with van der Waals surface area (Å²) in [6.45, 7) is 5.93. The van der Waals surface area contributed by atoms with Gasteiger partial charge in [0.2, 0.25) is 0 Å². The Hall–Kier alpha value is -1.22. The van der Waals surface area contributed by atoms with E-state index in [-0.39, 0.29) is 18.1 Å². The normalized spacial score (nSPS) is 12.3. The molecule has 19 heavy (non-hydrogen) atoms. The maximum atomic E-state index is 12.0. The Balaban J connectivity index is 2.53. The number of benzene rings is 1. The highest BCUT2D eigenvalue weighted by Gasteiger charge is 2.09. The Labute approximate surface area is 120 Å². The van der Waals surface area contributed by atoms with Crippen LogP contribution in [-0.4, -0.2) is 23.9 Å². The first kappa shape index (κ1) is 15.8. The van der Waals surface area contributed by atoms with Crippen LogP contribution in [0.2, 0.25) is 0 Å². The average Bonchev–Trinajstić information content (AvgIpc) is 2.36. The molecule has 1 N–H and O–H groups in total. The molecule has 0 spiro atoms. The number of nitrogens with one attached hydrogen (secondary N) is 1. The van der Waals surface area contributed by atoms with Gasteiger partial charge in [0, 0.05) is 17.5 Å². The van der Waals surface area contributed by atoms with Crippen molar-refractivity contribution in [1.29, 1.82) is 0 Å². The fraction of sp³-hybridized carbons (Fsp3) is 0.533. The van der Waals surface area contributed by atoms with Crippen LogP contribution in [0.15, 0.2) is 24.3 Å². The predicted octanol–water partition coefficient (Wildman–Crippen LogP) is 3.61. The fourth-order valence-corrected chi connectivity index (χ4v) is 1.87. The second-order valence-corrected chi connectivity index (χ2v) is 5.27. The maximum Gasteiger partial charge on any atom is 0.251 e. The van der Waals surface area contributed by atoms with Gasteiger partial charge in [-0.2, -0.15) is 0 Å². The molecule has 0 bridgehead atoms. The van der Waals surface area contributed by atoms with Crippen LogP contribution in [0.1, 0.15) is 44.0 Å². The van der Waals surface area contributed by atoms with E-state index in [1.54, 1.807) is 12.1 Å².